The van der Waals surface area contributed by atoms with E-state index in [1.54, 1.807) is 6.07 Å². The van der Waals surface area contributed by atoms with Crippen molar-refractivity contribution in [2.45, 2.75) is 0 Å². The molecule has 4 N–H and O–H groups in total. The van der Waals surface area contributed by atoms with Gasteiger partial charge in [0, 0.05) is 0 Å². The third kappa shape index (κ3) is 2.53. The van der Waals surface area contributed by atoms with Crippen LogP contribution in [0.2, 0.25) is 0 Å². The Morgan fingerprint density at radius 3 is 2.47 bits per heavy atom. The number of hydrogen-bond donors (Lipinski definition) is 3. The highest BCUT2D eigenvalue weighted by atomic mass is 16.4. The average molecular weight is 207 g/mol. The van der Waals surface area contributed by atoms with Gasteiger partial charge >= 0.3 is 5.97 Å². The van der Waals surface area contributed by atoms with Crippen molar-refractivity contribution in [3.63, 3.8) is 0 Å². The summed E-state index contributed by atoms with van der Waals surface area (Å²) in [6.07, 6.45) is 0.987. The van der Waals surface area contributed by atoms with Gasteiger partial charge in [0.1, 0.15) is 6.34 Å². The largest absolute Gasteiger partial charge is 0.478 e. The van der Waals surface area contributed by atoms with E-state index in [9.17, 15) is 9.59 Å². The standard InChI is InChI=1S/C9H9N3O3/c10-12-5-11-8(13)6-3-1-2-4-7(6)9(14)15/h1-5H,10H2,(H,14,15)(H,11,12,13). The first-order chi connectivity index (χ1) is 7.16. The second-order valence-electron chi connectivity index (χ2n) is 2.60. The van der Waals surface area contributed by atoms with Crippen LogP contribution in [0.15, 0.2) is 29.4 Å². The Kier molecular flexibility index (Phi) is 3.39. The normalized spacial score (nSPS) is 10.1. The smallest absolute Gasteiger partial charge is 0.336 e. The summed E-state index contributed by atoms with van der Waals surface area (Å²) in [5.74, 6) is 3.06. The Labute approximate surface area is 85.4 Å². The van der Waals surface area contributed by atoms with Gasteiger partial charge in [-0.25, -0.2) is 4.79 Å². The molecule has 1 amide bonds. The molecule has 0 aromatic heterocycles. The molecule has 0 spiro atoms. The van der Waals surface area contributed by atoms with Crippen LogP contribution in [0.4, 0.5) is 0 Å². The van der Waals surface area contributed by atoms with E-state index in [2.05, 4.69) is 10.4 Å². The first-order valence-corrected chi connectivity index (χ1v) is 4.01. The van der Waals surface area contributed by atoms with Crippen LogP contribution in [0, 0.1) is 0 Å². The molecule has 0 saturated heterocycles. The molecule has 1 aromatic carbocycles. The molecule has 78 valence electrons. The highest BCUT2D eigenvalue weighted by Crippen LogP contribution is 2.07. The number of amides is 1. The molecule has 0 bridgehead atoms. The average Bonchev–Trinajstić information content (AvgIpc) is 2.25. The summed E-state index contributed by atoms with van der Waals surface area (Å²) in [6, 6.07) is 5.86. The second-order valence-corrected chi connectivity index (χ2v) is 2.60. The van der Waals surface area contributed by atoms with Gasteiger partial charge in [-0.2, -0.15) is 5.10 Å². The van der Waals surface area contributed by atoms with Crippen molar-refractivity contribution >= 4 is 18.2 Å². The minimum absolute atomic E-state index is 0.0601. The topological polar surface area (TPSA) is 105 Å². The van der Waals surface area contributed by atoms with Crippen LogP contribution in [0.3, 0.4) is 0 Å². The van der Waals surface area contributed by atoms with Gasteiger partial charge < -0.3 is 16.3 Å². The van der Waals surface area contributed by atoms with Crippen molar-refractivity contribution in [1.82, 2.24) is 5.32 Å². The quantitative estimate of drug-likeness (QED) is 0.281. The summed E-state index contributed by atoms with van der Waals surface area (Å²) in [5, 5.41) is 14.1. The molecule has 0 radical (unpaired) electrons. The van der Waals surface area contributed by atoms with E-state index in [-0.39, 0.29) is 11.1 Å². The Bertz CT molecular complexity index is 415. The van der Waals surface area contributed by atoms with Crippen molar-refractivity contribution in [3.8, 4) is 0 Å². The molecule has 0 aliphatic carbocycles. The third-order valence-corrected chi connectivity index (χ3v) is 1.67. The minimum atomic E-state index is -1.16. The molecule has 15 heavy (non-hydrogen) atoms. The van der Waals surface area contributed by atoms with E-state index in [0.717, 1.165) is 6.34 Å². The van der Waals surface area contributed by atoms with E-state index in [1.807, 2.05) is 0 Å². The van der Waals surface area contributed by atoms with E-state index >= 15 is 0 Å². The number of nitrogens with one attached hydrogen (secondary N) is 1. The Hall–Kier alpha value is -2.37. The van der Waals surface area contributed by atoms with Crippen LogP contribution < -0.4 is 11.2 Å². The number of rotatable bonds is 3. The SMILES string of the molecule is N/N=C/NC(=O)c1ccccc1C(=O)O. The monoisotopic (exact) mass is 207 g/mol. The maximum atomic E-state index is 11.4. The number of carbonyl (C=O) groups excluding carboxylic acids is 1. The van der Waals surface area contributed by atoms with Crippen molar-refractivity contribution in [1.29, 1.82) is 0 Å². The van der Waals surface area contributed by atoms with Gasteiger partial charge in [-0.3, -0.25) is 4.79 Å². The highest BCUT2D eigenvalue weighted by Gasteiger charge is 2.14. The number of aromatic carboxylic acids is 1. The fourth-order valence-corrected chi connectivity index (χ4v) is 1.04. The van der Waals surface area contributed by atoms with Crippen LogP contribution in [0.5, 0.6) is 0 Å². The number of benzene rings is 1. The van der Waals surface area contributed by atoms with Gasteiger partial charge in [-0.1, -0.05) is 12.1 Å². The molecular formula is C9H9N3O3. The number of carbonyl (C=O) groups is 2. The number of hydrazone groups is 1. The molecule has 0 atom stereocenters. The Morgan fingerprint density at radius 1 is 1.33 bits per heavy atom. The van der Waals surface area contributed by atoms with Gasteiger partial charge in [0.15, 0.2) is 0 Å². The number of nitrogens with two attached hydrogens (primary N) is 1. The third-order valence-electron chi connectivity index (χ3n) is 1.67. The lowest BCUT2D eigenvalue weighted by molar-refractivity contribution is 0.0691. The molecular weight excluding hydrogens is 198 g/mol. The first-order valence-electron chi connectivity index (χ1n) is 4.01. The Balaban J connectivity index is 3.02. The molecule has 6 nitrogen and oxygen atoms in total. The van der Waals surface area contributed by atoms with E-state index < -0.39 is 11.9 Å². The molecule has 0 aliphatic heterocycles. The summed E-state index contributed by atoms with van der Waals surface area (Å²) in [4.78, 5) is 22.2. The zero-order valence-electron chi connectivity index (χ0n) is 7.68. The van der Waals surface area contributed by atoms with Gasteiger partial charge in [-0.15, -0.1) is 0 Å². The molecule has 0 saturated carbocycles. The van der Waals surface area contributed by atoms with Crippen LogP contribution in [-0.4, -0.2) is 23.3 Å². The van der Waals surface area contributed by atoms with Crippen molar-refractivity contribution in [3.05, 3.63) is 35.4 Å². The number of hydrogen-bond acceptors (Lipinski definition) is 4. The van der Waals surface area contributed by atoms with E-state index in [4.69, 9.17) is 10.9 Å². The number of carboxylic acids is 1. The predicted octanol–water partition coefficient (Wildman–Crippen LogP) is 0.0166. The maximum absolute atomic E-state index is 11.4. The summed E-state index contributed by atoms with van der Waals surface area (Å²) >= 11 is 0. The zero-order chi connectivity index (χ0) is 11.3. The molecule has 6 heteroatoms. The molecule has 0 heterocycles. The Morgan fingerprint density at radius 2 is 1.93 bits per heavy atom. The number of nitrogens with zero attached hydrogens (tertiary/aromatic N) is 1. The summed E-state index contributed by atoms with van der Waals surface area (Å²) < 4.78 is 0. The summed E-state index contributed by atoms with van der Waals surface area (Å²) in [6.45, 7) is 0. The van der Waals surface area contributed by atoms with Gasteiger partial charge in [-0.05, 0) is 12.1 Å². The fourth-order valence-electron chi connectivity index (χ4n) is 1.04. The molecule has 0 aliphatic rings. The highest BCUT2D eigenvalue weighted by molar-refractivity contribution is 6.07. The van der Waals surface area contributed by atoms with Crippen LogP contribution >= 0.6 is 0 Å². The van der Waals surface area contributed by atoms with Gasteiger partial charge in [0.05, 0.1) is 11.1 Å². The molecule has 0 unspecified atom stereocenters. The van der Waals surface area contributed by atoms with E-state index in [1.165, 1.54) is 18.2 Å². The second kappa shape index (κ2) is 4.75. The van der Waals surface area contributed by atoms with Gasteiger partial charge in [0.25, 0.3) is 5.91 Å². The van der Waals surface area contributed by atoms with Crippen LogP contribution in [-0.2, 0) is 0 Å². The predicted molar refractivity (Wildman–Crippen MR) is 53.5 cm³/mol. The van der Waals surface area contributed by atoms with Crippen LogP contribution in [0.25, 0.3) is 0 Å². The van der Waals surface area contributed by atoms with E-state index in [0.29, 0.717) is 0 Å². The summed E-state index contributed by atoms with van der Waals surface area (Å²) in [7, 11) is 0. The van der Waals surface area contributed by atoms with Crippen molar-refractivity contribution < 1.29 is 14.7 Å². The van der Waals surface area contributed by atoms with Crippen LogP contribution in [0.1, 0.15) is 20.7 Å². The zero-order valence-corrected chi connectivity index (χ0v) is 7.68. The van der Waals surface area contributed by atoms with Crippen molar-refractivity contribution in [2.24, 2.45) is 10.9 Å². The maximum Gasteiger partial charge on any atom is 0.336 e. The first kappa shape index (κ1) is 10.7. The molecule has 1 rings (SSSR count). The number of carboxylic acid groups (broad SMARTS) is 1. The lowest BCUT2D eigenvalue weighted by Crippen LogP contribution is -2.24. The fraction of sp³-hybridized carbons (Fsp3) is 0. The lowest BCUT2D eigenvalue weighted by Gasteiger charge is -2.03. The van der Waals surface area contributed by atoms with Crippen molar-refractivity contribution in [2.75, 3.05) is 0 Å². The van der Waals surface area contributed by atoms with Gasteiger partial charge in [0.2, 0.25) is 0 Å². The minimum Gasteiger partial charge on any atom is -0.478 e. The molecule has 0 fully saturated rings. The molecule has 1 aromatic rings. The lowest BCUT2D eigenvalue weighted by atomic mass is 10.1. The summed E-state index contributed by atoms with van der Waals surface area (Å²) in [5.41, 5.74) is -0.00896.